The maximum absolute atomic E-state index is 12.8. The smallest absolute Gasteiger partial charge is 0.306 e. The van der Waals surface area contributed by atoms with E-state index in [1.807, 2.05) is 0 Å². The summed E-state index contributed by atoms with van der Waals surface area (Å²) in [6.45, 7) is 9.06. The molecule has 0 spiro atoms. The van der Waals surface area contributed by atoms with E-state index in [-0.39, 0.29) is 31.1 Å². The van der Waals surface area contributed by atoms with Crippen LogP contribution in [0.4, 0.5) is 0 Å². The molecule has 0 rings (SSSR count). The predicted molar refractivity (Wildman–Crippen MR) is 280 cm³/mol. The van der Waals surface area contributed by atoms with Gasteiger partial charge in [0.1, 0.15) is 13.2 Å². The van der Waals surface area contributed by atoms with Crippen molar-refractivity contribution in [2.75, 3.05) is 13.2 Å². The summed E-state index contributed by atoms with van der Waals surface area (Å²) in [5.74, 6) is 0.0149. The van der Waals surface area contributed by atoms with E-state index in [9.17, 15) is 14.4 Å². The third kappa shape index (κ3) is 53.2. The molecule has 0 aromatic carbocycles. The second-order valence-electron chi connectivity index (χ2n) is 20.8. The Morgan fingerprint density at radius 1 is 0.292 bits per heavy atom. The van der Waals surface area contributed by atoms with Crippen LogP contribution in [0.15, 0.2) is 0 Å². The number of carbonyl (C=O) groups excluding carboxylic acids is 3. The number of esters is 3. The van der Waals surface area contributed by atoms with Gasteiger partial charge in [-0.05, 0) is 25.2 Å². The molecule has 0 aromatic heterocycles. The second kappa shape index (κ2) is 53.4. The average Bonchev–Trinajstić information content (AvgIpc) is 3.29. The van der Waals surface area contributed by atoms with E-state index in [0.29, 0.717) is 19.3 Å². The van der Waals surface area contributed by atoms with Crippen LogP contribution in [0.2, 0.25) is 0 Å². The Morgan fingerprint density at radius 2 is 0.508 bits per heavy atom. The number of ether oxygens (including phenoxy) is 3. The molecule has 0 saturated heterocycles. The lowest BCUT2D eigenvalue weighted by Crippen LogP contribution is -2.30. The minimum absolute atomic E-state index is 0.0620. The van der Waals surface area contributed by atoms with Crippen molar-refractivity contribution in [3.8, 4) is 0 Å². The molecule has 0 fully saturated rings. The van der Waals surface area contributed by atoms with E-state index in [1.54, 1.807) is 0 Å². The van der Waals surface area contributed by atoms with Gasteiger partial charge in [-0.25, -0.2) is 0 Å². The molecule has 1 atom stereocenters. The predicted octanol–water partition coefficient (Wildman–Crippen LogP) is 19.4. The Kier molecular flexibility index (Phi) is 52.1. The minimum Gasteiger partial charge on any atom is -0.462 e. The summed E-state index contributed by atoms with van der Waals surface area (Å²) in [7, 11) is 0. The zero-order valence-electron chi connectivity index (χ0n) is 44.5. The molecule has 0 bridgehead atoms. The lowest BCUT2D eigenvalue weighted by molar-refractivity contribution is -0.167. The van der Waals surface area contributed by atoms with Crippen molar-refractivity contribution in [2.45, 2.75) is 342 Å². The number of hydrogen-bond donors (Lipinski definition) is 0. The molecule has 0 unspecified atom stereocenters. The first kappa shape index (κ1) is 63.4. The highest BCUT2D eigenvalue weighted by atomic mass is 16.6. The minimum atomic E-state index is -0.761. The fourth-order valence-corrected chi connectivity index (χ4v) is 9.10. The topological polar surface area (TPSA) is 78.9 Å². The van der Waals surface area contributed by atoms with E-state index in [2.05, 4.69) is 27.7 Å². The lowest BCUT2D eigenvalue weighted by Gasteiger charge is -2.18. The monoisotopic (exact) mass is 919 g/mol. The molecule has 386 valence electrons. The third-order valence-electron chi connectivity index (χ3n) is 13.5. The van der Waals surface area contributed by atoms with Crippen molar-refractivity contribution >= 4 is 17.9 Å². The van der Waals surface area contributed by atoms with E-state index >= 15 is 0 Å². The maximum atomic E-state index is 12.8. The van der Waals surface area contributed by atoms with Crippen molar-refractivity contribution < 1.29 is 28.6 Å². The number of unbranched alkanes of at least 4 members (excludes halogenated alkanes) is 41. The van der Waals surface area contributed by atoms with Gasteiger partial charge >= 0.3 is 17.9 Å². The SMILES string of the molecule is CCCCCCCCCCCCCCCCCCCCCC(=O)O[C@@H](COC(=O)CCCCCCCCCCC)COC(=O)CCCCCCCCCCCCCCCCCCC(C)C. The lowest BCUT2D eigenvalue weighted by atomic mass is 10.0. The van der Waals surface area contributed by atoms with Gasteiger partial charge < -0.3 is 14.2 Å². The van der Waals surface area contributed by atoms with Crippen molar-refractivity contribution in [1.82, 2.24) is 0 Å². The zero-order valence-corrected chi connectivity index (χ0v) is 44.5. The molecule has 0 radical (unpaired) electrons. The van der Waals surface area contributed by atoms with Gasteiger partial charge in [-0.2, -0.15) is 0 Å². The van der Waals surface area contributed by atoms with Crippen molar-refractivity contribution in [3.63, 3.8) is 0 Å². The molecule has 0 saturated carbocycles. The highest BCUT2D eigenvalue weighted by Crippen LogP contribution is 2.18. The van der Waals surface area contributed by atoms with Gasteiger partial charge in [0.2, 0.25) is 0 Å². The first-order valence-electron chi connectivity index (χ1n) is 29.4. The van der Waals surface area contributed by atoms with Gasteiger partial charge in [0.05, 0.1) is 0 Å². The summed E-state index contributed by atoms with van der Waals surface area (Å²) < 4.78 is 16.9. The molecule has 6 heteroatoms. The van der Waals surface area contributed by atoms with Crippen LogP contribution in [-0.4, -0.2) is 37.2 Å². The number of hydrogen-bond acceptors (Lipinski definition) is 6. The van der Waals surface area contributed by atoms with Gasteiger partial charge in [-0.1, -0.05) is 297 Å². The Balaban J connectivity index is 4.19. The Bertz CT molecular complexity index is 980. The quantitative estimate of drug-likeness (QED) is 0.0344. The largest absolute Gasteiger partial charge is 0.462 e. The van der Waals surface area contributed by atoms with E-state index in [4.69, 9.17) is 14.2 Å². The molecule has 65 heavy (non-hydrogen) atoms. The fourth-order valence-electron chi connectivity index (χ4n) is 9.10. The summed E-state index contributed by atoms with van der Waals surface area (Å²) in [4.78, 5) is 38.0. The number of carbonyl (C=O) groups is 3. The van der Waals surface area contributed by atoms with Gasteiger partial charge in [0.25, 0.3) is 0 Å². The molecule has 0 aromatic rings. The first-order valence-corrected chi connectivity index (χ1v) is 29.4. The Hall–Kier alpha value is -1.59. The number of rotatable bonds is 54. The fraction of sp³-hybridized carbons (Fsp3) is 0.949. The van der Waals surface area contributed by atoms with Gasteiger partial charge in [0.15, 0.2) is 6.10 Å². The highest BCUT2D eigenvalue weighted by molar-refractivity contribution is 5.71. The van der Waals surface area contributed by atoms with Crippen LogP contribution in [0.1, 0.15) is 336 Å². The molecule has 0 amide bonds. The molecular formula is C59H114O6. The normalized spacial score (nSPS) is 12.0. The third-order valence-corrected chi connectivity index (χ3v) is 13.5. The summed E-state index contributed by atoms with van der Waals surface area (Å²) >= 11 is 0. The average molecular weight is 920 g/mol. The van der Waals surface area contributed by atoms with E-state index in [1.165, 1.54) is 231 Å². The van der Waals surface area contributed by atoms with Crippen molar-refractivity contribution in [1.29, 1.82) is 0 Å². The van der Waals surface area contributed by atoms with E-state index in [0.717, 1.165) is 63.7 Å². The molecule has 0 N–H and O–H groups in total. The molecule has 0 aliphatic rings. The standard InChI is InChI=1S/C59H114O6/c1-5-7-9-11-13-15-16-17-18-19-20-21-26-29-32-36-40-44-48-52-59(62)65-56(53-63-57(60)50-46-42-38-33-14-12-10-8-6-2)54-64-58(61)51-47-43-39-35-31-28-25-23-22-24-27-30-34-37-41-45-49-55(3)4/h55-56H,5-54H2,1-4H3/t56-/m0/s1. The second-order valence-corrected chi connectivity index (χ2v) is 20.8. The summed E-state index contributed by atoms with van der Waals surface area (Å²) in [6, 6.07) is 0. The Labute approximate surface area is 406 Å². The summed E-state index contributed by atoms with van der Waals surface area (Å²) in [5, 5.41) is 0. The highest BCUT2D eigenvalue weighted by Gasteiger charge is 2.19. The van der Waals surface area contributed by atoms with E-state index < -0.39 is 6.10 Å². The van der Waals surface area contributed by atoms with Gasteiger partial charge in [-0.15, -0.1) is 0 Å². The van der Waals surface area contributed by atoms with Gasteiger partial charge in [0, 0.05) is 19.3 Å². The summed E-state index contributed by atoms with van der Waals surface area (Å²) in [6.07, 6.45) is 58.2. The van der Waals surface area contributed by atoms with Crippen LogP contribution in [-0.2, 0) is 28.6 Å². The van der Waals surface area contributed by atoms with Crippen LogP contribution < -0.4 is 0 Å². The molecule has 0 heterocycles. The Morgan fingerprint density at radius 3 is 0.754 bits per heavy atom. The maximum Gasteiger partial charge on any atom is 0.306 e. The molecular weight excluding hydrogens is 805 g/mol. The summed E-state index contributed by atoms with van der Waals surface area (Å²) in [5.41, 5.74) is 0. The van der Waals surface area contributed by atoms with Crippen LogP contribution in [0.5, 0.6) is 0 Å². The van der Waals surface area contributed by atoms with Crippen LogP contribution in [0.3, 0.4) is 0 Å². The molecule has 6 nitrogen and oxygen atoms in total. The first-order chi connectivity index (χ1) is 31.9. The molecule has 0 aliphatic carbocycles. The van der Waals surface area contributed by atoms with Crippen LogP contribution in [0.25, 0.3) is 0 Å². The molecule has 0 aliphatic heterocycles. The van der Waals surface area contributed by atoms with Crippen molar-refractivity contribution in [3.05, 3.63) is 0 Å². The van der Waals surface area contributed by atoms with Crippen LogP contribution >= 0.6 is 0 Å². The van der Waals surface area contributed by atoms with Crippen LogP contribution in [0, 0.1) is 5.92 Å². The van der Waals surface area contributed by atoms with Crippen molar-refractivity contribution in [2.24, 2.45) is 5.92 Å². The zero-order chi connectivity index (χ0) is 47.4. The van der Waals surface area contributed by atoms with Gasteiger partial charge in [-0.3, -0.25) is 14.4 Å².